The van der Waals surface area contributed by atoms with E-state index < -0.39 is 10.0 Å². The molecule has 0 radical (unpaired) electrons. The zero-order valence-corrected chi connectivity index (χ0v) is 14.6. The normalized spacial score (nSPS) is 20.3. The van der Waals surface area contributed by atoms with Crippen molar-refractivity contribution in [3.8, 4) is 0 Å². The van der Waals surface area contributed by atoms with Crippen LogP contribution in [0.25, 0.3) is 0 Å². The van der Waals surface area contributed by atoms with E-state index in [1.54, 1.807) is 6.92 Å². The van der Waals surface area contributed by atoms with Gasteiger partial charge in [-0.2, -0.15) is 0 Å². The molecule has 0 saturated heterocycles. The standard InChI is InChI=1S/C14H22N2O3S2/c1-8-10(21(15,18)19)6-9(20-8)12(17)16-7-11-13(2,3)14(11,4)5/h6,11H,7H2,1-5H3,(H,16,17)(H2,15,18,19). The molecule has 2 rings (SSSR count). The summed E-state index contributed by atoms with van der Waals surface area (Å²) >= 11 is 1.15. The molecule has 1 saturated carbocycles. The van der Waals surface area contributed by atoms with Gasteiger partial charge in [-0.1, -0.05) is 27.7 Å². The van der Waals surface area contributed by atoms with Crippen molar-refractivity contribution < 1.29 is 13.2 Å². The zero-order valence-electron chi connectivity index (χ0n) is 13.0. The molecule has 0 aromatic carbocycles. The van der Waals surface area contributed by atoms with Crippen molar-refractivity contribution in [3.63, 3.8) is 0 Å². The van der Waals surface area contributed by atoms with Crippen molar-refractivity contribution in [2.24, 2.45) is 21.9 Å². The molecule has 1 aromatic heterocycles. The van der Waals surface area contributed by atoms with Crippen molar-refractivity contribution in [1.82, 2.24) is 5.32 Å². The summed E-state index contributed by atoms with van der Waals surface area (Å²) < 4.78 is 22.8. The molecule has 1 fully saturated rings. The van der Waals surface area contributed by atoms with E-state index in [4.69, 9.17) is 5.14 Å². The number of nitrogens with two attached hydrogens (primary N) is 1. The van der Waals surface area contributed by atoms with E-state index in [9.17, 15) is 13.2 Å². The van der Waals surface area contributed by atoms with Gasteiger partial charge in [0.05, 0.1) is 9.77 Å². The number of primary sulfonamides is 1. The van der Waals surface area contributed by atoms with Crippen molar-refractivity contribution in [3.05, 3.63) is 15.8 Å². The van der Waals surface area contributed by atoms with Crippen LogP contribution in [0.15, 0.2) is 11.0 Å². The number of carbonyl (C=O) groups is 1. The fourth-order valence-corrected chi connectivity index (χ4v) is 5.05. The molecule has 21 heavy (non-hydrogen) atoms. The fourth-order valence-electron chi connectivity index (χ4n) is 2.99. The minimum Gasteiger partial charge on any atom is -0.351 e. The predicted molar refractivity (Wildman–Crippen MR) is 83.8 cm³/mol. The highest BCUT2D eigenvalue weighted by atomic mass is 32.2. The van der Waals surface area contributed by atoms with E-state index >= 15 is 0 Å². The largest absolute Gasteiger partial charge is 0.351 e. The number of hydrogen-bond donors (Lipinski definition) is 2. The molecule has 1 heterocycles. The minimum atomic E-state index is -3.77. The Morgan fingerprint density at radius 1 is 1.33 bits per heavy atom. The number of sulfonamides is 1. The summed E-state index contributed by atoms with van der Waals surface area (Å²) in [6, 6.07) is 1.36. The van der Waals surface area contributed by atoms with E-state index in [2.05, 4.69) is 33.0 Å². The third-order valence-corrected chi connectivity index (χ3v) is 7.40. The first-order valence-electron chi connectivity index (χ1n) is 6.80. The zero-order chi connectivity index (χ0) is 16.2. The third kappa shape index (κ3) is 2.74. The lowest BCUT2D eigenvalue weighted by atomic mass is 10.0. The second-order valence-electron chi connectivity index (χ2n) is 6.78. The molecule has 0 aliphatic heterocycles. The summed E-state index contributed by atoms with van der Waals surface area (Å²) in [4.78, 5) is 13.1. The van der Waals surface area contributed by atoms with Crippen molar-refractivity contribution in [2.75, 3.05) is 6.54 Å². The summed E-state index contributed by atoms with van der Waals surface area (Å²) in [6.07, 6.45) is 0. The quantitative estimate of drug-likeness (QED) is 0.886. The van der Waals surface area contributed by atoms with Crippen LogP contribution in [-0.4, -0.2) is 20.9 Å². The predicted octanol–water partition coefficient (Wildman–Crippen LogP) is 2.12. The number of amides is 1. The van der Waals surface area contributed by atoms with Crippen LogP contribution in [0, 0.1) is 23.7 Å². The minimum absolute atomic E-state index is 0.0322. The molecule has 118 valence electrons. The molecule has 0 spiro atoms. The molecule has 0 atom stereocenters. The summed E-state index contributed by atoms with van der Waals surface area (Å²) in [5, 5.41) is 8.02. The highest BCUT2D eigenvalue weighted by molar-refractivity contribution is 7.89. The maximum absolute atomic E-state index is 12.2. The van der Waals surface area contributed by atoms with Gasteiger partial charge in [0.1, 0.15) is 0 Å². The van der Waals surface area contributed by atoms with Gasteiger partial charge in [0.25, 0.3) is 5.91 Å². The second kappa shape index (κ2) is 4.79. The van der Waals surface area contributed by atoms with Crippen molar-refractivity contribution in [2.45, 2.75) is 39.5 Å². The molecular weight excluding hydrogens is 308 g/mol. The topological polar surface area (TPSA) is 89.3 Å². The van der Waals surface area contributed by atoms with Crippen LogP contribution in [0.5, 0.6) is 0 Å². The van der Waals surface area contributed by atoms with Crippen LogP contribution in [0.1, 0.15) is 42.2 Å². The van der Waals surface area contributed by atoms with Gasteiger partial charge in [-0.3, -0.25) is 4.79 Å². The lowest BCUT2D eigenvalue weighted by Crippen LogP contribution is -2.26. The maximum atomic E-state index is 12.2. The third-order valence-electron chi connectivity index (χ3n) is 5.19. The van der Waals surface area contributed by atoms with Crippen LogP contribution < -0.4 is 10.5 Å². The smallest absolute Gasteiger partial charge is 0.261 e. The monoisotopic (exact) mass is 330 g/mol. The molecule has 5 nitrogen and oxygen atoms in total. The van der Waals surface area contributed by atoms with Gasteiger partial charge in [-0.15, -0.1) is 11.3 Å². The average molecular weight is 330 g/mol. The van der Waals surface area contributed by atoms with E-state index in [1.165, 1.54) is 6.07 Å². The SMILES string of the molecule is Cc1sc(C(=O)NCC2C(C)(C)C2(C)C)cc1S(N)(=O)=O. The van der Waals surface area contributed by atoms with Gasteiger partial charge < -0.3 is 5.32 Å². The molecule has 1 amide bonds. The van der Waals surface area contributed by atoms with Crippen LogP contribution in [0.3, 0.4) is 0 Å². The fraction of sp³-hybridized carbons (Fsp3) is 0.643. The number of hydrogen-bond acceptors (Lipinski definition) is 4. The van der Waals surface area contributed by atoms with Gasteiger partial charge in [0.15, 0.2) is 0 Å². The van der Waals surface area contributed by atoms with Crippen molar-refractivity contribution >= 4 is 27.3 Å². The Labute approximate surface area is 130 Å². The number of nitrogens with one attached hydrogen (secondary N) is 1. The van der Waals surface area contributed by atoms with Crippen LogP contribution >= 0.6 is 11.3 Å². The molecule has 0 bridgehead atoms. The first kappa shape index (κ1) is 16.5. The van der Waals surface area contributed by atoms with E-state index in [1.807, 2.05) is 0 Å². The molecular formula is C14H22N2O3S2. The van der Waals surface area contributed by atoms with Crippen molar-refractivity contribution in [1.29, 1.82) is 0 Å². The van der Waals surface area contributed by atoms with Gasteiger partial charge in [0, 0.05) is 11.4 Å². The summed E-state index contributed by atoms with van der Waals surface area (Å²) in [6.45, 7) is 11.0. The summed E-state index contributed by atoms with van der Waals surface area (Å²) in [5.41, 5.74) is 0.412. The number of aryl methyl sites for hydroxylation is 1. The lowest BCUT2D eigenvalue weighted by molar-refractivity contribution is 0.0954. The van der Waals surface area contributed by atoms with E-state index in [0.29, 0.717) is 22.2 Å². The van der Waals surface area contributed by atoms with Crippen LogP contribution in [0.2, 0.25) is 0 Å². The number of carbonyl (C=O) groups excluding carboxylic acids is 1. The van der Waals surface area contributed by atoms with Gasteiger partial charge in [-0.25, -0.2) is 13.6 Å². The Hall–Kier alpha value is -0.920. The number of rotatable bonds is 4. The highest BCUT2D eigenvalue weighted by Gasteiger charge is 2.64. The van der Waals surface area contributed by atoms with E-state index in [-0.39, 0.29) is 21.6 Å². The van der Waals surface area contributed by atoms with Crippen LogP contribution in [-0.2, 0) is 10.0 Å². The summed E-state index contributed by atoms with van der Waals surface area (Å²) in [5.74, 6) is 0.184. The second-order valence-corrected chi connectivity index (χ2v) is 9.57. The highest BCUT2D eigenvalue weighted by Crippen LogP contribution is 2.67. The number of thiophene rings is 1. The Balaban J connectivity index is 2.06. The molecule has 0 unspecified atom stereocenters. The summed E-state index contributed by atoms with van der Waals surface area (Å²) in [7, 11) is -3.77. The first-order chi connectivity index (χ1) is 9.39. The Bertz CT molecular complexity index is 673. The average Bonchev–Trinajstić information content (AvgIpc) is 2.63. The van der Waals surface area contributed by atoms with Gasteiger partial charge >= 0.3 is 0 Å². The van der Waals surface area contributed by atoms with Gasteiger partial charge in [0.2, 0.25) is 10.0 Å². The lowest BCUT2D eigenvalue weighted by Gasteiger charge is -2.04. The molecule has 7 heteroatoms. The van der Waals surface area contributed by atoms with E-state index in [0.717, 1.165) is 11.3 Å². The Morgan fingerprint density at radius 2 is 1.86 bits per heavy atom. The Morgan fingerprint density at radius 3 is 2.24 bits per heavy atom. The molecule has 1 aromatic rings. The molecule has 3 N–H and O–H groups in total. The maximum Gasteiger partial charge on any atom is 0.261 e. The van der Waals surface area contributed by atoms with Gasteiger partial charge in [-0.05, 0) is 29.7 Å². The van der Waals surface area contributed by atoms with Crippen LogP contribution in [0.4, 0.5) is 0 Å². The molecule has 1 aliphatic rings. The first-order valence-corrected chi connectivity index (χ1v) is 9.16. The molecule has 1 aliphatic carbocycles. The Kier molecular flexibility index (Phi) is 3.75.